The molecule has 4 heterocycles. The molecule has 8 aromatic carbocycles. The predicted molar refractivity (Wildman–Crippen MR) is 265 cm³/mol. The number of aromatic nitrogens is 7. The molecule has 1 radical (unpaired) electrons. The molecule has 0 saturated carbocycles. The van der Waals surface area contributed by atoms with Crippen molar-refractivity contribution in [1.29, 1.82) is 0 Å². The first-order valence-electron chi connectivity index (χ1n) is 22.4. The molecule has 347 valence electrons. The van der Waals surface area contributed by atoms with Crippen molar-refractivity contribution >= 4 is 43.1 Å². The Kier molecular flexibility index (Phi) is 13.4. The van der Waals surface area contributed by atoms with E-state index in [1.807, 2.05) is 12.1 Å². The summed E-state index contributed by atoms with van der Waals surface area (Å²) in [6.07, 6.45) is 4.16. The molecule has 0 aliphatic rings. The molecule has 0 atom stereocenters. The smallest absolute Gasteiger partial charge is 0.431 e. The van der Waals surface area contributed by atoms with Crippen LogP contribution >= 0.6 is 0 Å². The van der Waals surface area contributed by atoms with Crippen LogP contribution in [0.2, 0.25) is 0 Å². The molecule has 0 N–H and O–H groups in total. The number of pyridine rings is 1. The molecule has 0 aliphatic heterocycles. The SMILES string of the molecule is Cc1c(C)[n+](-c2cccc3ccccc23)[c-]n1-c1[c-]ccc2ccccc12.Cc1c(C)[n+](-c2cccc3ccccc23)[c-]n1-c1[c-]ccc2ccccc12.FC(F)(F)c1cc(-c2ccccn2)[n-]n1.[Ir]. The zero-order valence-corrected chi connectivity index (χ0v) is 40.9. The average Bonchev–Trinajstić information content (AvgIpc) is 4.09. The van der Waals surface area contributed by atoms with Crippen LogP contribution < -0.4 is 14.2 Å². The van der Waals surface area contributed by atoms with Crippen molar-refractivity contribution in [2.75, 3.05) is 0 Å². The fraction of sp³-hybridized carbons (Fsp3) is 0.0847. The molecule has 0 unspecified atom stereocenters. The van der Waals surface area contributed by atoms with E-state index in [4.69, 9.17) is 0 Å². The standard InChI is InChI=1S/2C25H19N2.C9H5F3N3.Ir/c2*1-18-19(2)27(25-16-8-12-21-10-4-6-14-23(21)25)17-26(18)24-15-7-11-20-9-3-5-13-22(20)24;10-9(11,12)8-5-7(14-15-8)6-3-1-2-4-13-6;/h2*3-15H,1-2H3;1-5H;/q3*-1;. The summed E-state index contributed by atoms with van der Waals surface area (Å²) < 4.78 is 45.2. The van der Waals surface area contributed by atoms with Gasteiger partial charge in [0.25, 0.3) is 12.7 Å². The van der Waals surface area contributed by atoms with Gasteiger partial charge in [0.15, 0.2) is 0 Å². The maximum atomic E-state index is 12.2. The van der Waals surface area contributed by atoms with Gasteiger partial charge in [-0.2, -0.15) is 49.6 Å². The summed E-state index contributed by atoms with van der Waals surface area (Å²) in [5.74, 6) is 0. The van der Waals surface area contributed by atoms with Gasteiger partial charge >= 0.3 is 6.18 Å². The van der Waals surface area contributed by atoms with Gasteiger partial charge in [0.2, 0.25) is 0 Å². The van der Waals surface area contributed by atoms with Crippen LogP contribution in [0.1, 0.15) is 28.5 Å². The Labute approximate surface area is 417 Å². The third kappa shape index (κ3) is 9.17. The molecule has 12 aromatic rings. The molecule has 4 aromatic heterocycles. The zero-order valence-electron chi connectivity index (χ0n) is 38.5. The van der Waals surface area contributed by atoms with Crippen LogP contribution in [-0.2, 0) is 26.3 Å². The normalized spacial score (nSPS) is 11.2. The van der Waals surface area contributed by atoms with Crippen LogP contribution in [0.15, 0.2) is 188 Å². The number of rotatable bonds is 5. The molecule has 0 amide bonds. The first-order valence-corrected chi connectivity index (χ1v) is 22.4. The Balaban J connectivity index is 0.000000135. The fourth-order valence-electron chi connectivity index (χ4n) is 8.59. The molecule has 0 fully saturated rings. The Bertz CT molecular complexity index is 3370. The third-order valence-electron chi connectivity index (χ3n) is 12.4. The monoisotopic (exact) mass is 1100 g/mol. The van der Waals surface area contributed by atoms with Crippen LogP contribution in [0.4, 0.5) is 13.2 Å². The molecule has 70 heavy (non-hydrogen) atoms. The van der Waals surface area contributed by atoms with Crippen molar-refractivity contribution in [3.8, 4) is 34.1 Å². The van der Waals surface area contributed by atoms with Crippen molar-refractivity contribution in [2.24, 2.45) is 0 Å². The Hall–Kier alpha value is -7.98. The summed E-state index contributed by atoms with van der Waals surface area (Å²) in [5.41, 5.74) is 8.54. The maximum Gasteiger partial charge on any atom is 0.431 e. The largest absolute Gasteiger partial charge is 0.573 e. The maximum absolute atomic E-state index is 12.2. The number of hydrogen-bond acceptors (Lipinski definition) is 2. The predicted octanol–water partition coefficient (Wildman–Crippen LogP) is 12.7. The number of imidazole rings is 2. The Morgan fingerprint density at radius 2 is 0.914 bits per heavy atom. The van der Waals surface area contributed by atoms with E-state index in [1.165, 1.54) is 60.7 Å². The van der Waals surface area contributed by atoms with E-state index in [1.54, 1.807) is 18.2 Å². The van der Waals surface area contributed by atoms with Crippen LogP contribution in [0, 0.1) is 52.5 Å². The topological polar surface area (TPSA) is 57.5 Å². The number of halogens is 3. The number of alkyl halides is 3. The van der Waals surface area contributed by atoms with Crippen molar-refractivity contribution in [1.82, 2.24) is 24.3 Å². The van der Waals surface area contributed by atoms with Gasteiger partial charge in [0.1, 0.15) is 5.69 Å². The van der Waals surface area contributed by atoms with E-state index in [2.05, 4.69) is 232 Å². The Morgan fingerprint density at radius 3 is 1.34 bits per heavy atom. The van der Waals surface area contributed by atoms with Gasteiger partial charge in [0.05, 0.1) is 22.8 Å². The molecule has 0 saturated heterocycles. The number of hydrogen-bond donors (Lipinski definition) is 0. The first-order chi connectivity index (χ1) is 33.5. The van der Waals surface area contributed by atoms with Gasteiger partial charge in [-0.1, -0.05) is 121 Å². The molecular formula is C59H43F3IrN7-3. The summed E-state index contributed by atoms with van der Waals surface area (Å²) in [7, 11) is 0. The second-order valence-electron chi connectivity index (χ2n) is 16.5. The molecule has 12 rings (SSSR count). The molecule has 0 spiro atoms. The second kappa shape index (κ2) is 19.9. The second-order valence-corrected chi connectivity index (χ2v) is 16.5. The van der Waals surface area contributed by atoms with Crippen molar-refractivity contribution in [3.63, 3.8) is 0 Å². The average molecular weight is 1100 g/mol. The van der Waals surface area contributed by atoms with Crippen LogP contribution in [0.5, 0.6) is 0 Å². The van der Waals surface area contributed by atoms with E-state index < -0.39 is 11.9 Å². The van der Waals surface area contributed by atoms with Gasteiger partial charge < -0.3 is 19.3 Å². The van der Waals surface area contributed by atoms with Crippen molar-refractivity contribution in [2.45, 2.75) is 33.9 Å². The van der Waals surface area contributed by atoms with Gasteiger partial charge in [-0.05, 0) is 90.9 Å². The van der Waals surface area contributed by atoms with Crippen molar-refractivity contribution < 1.29 is 42.4 Å². The number of fused-ring (bicyclic) bond motifs is 4. The van der Waals surface area contributed by atoms with Gasteiger partial charge in [-0.15, -0.1) is 33.7 Å². The summed E-state index contributed by atoms with van der Waals surface area (Å²) in [6, 6.07) is 67.4. The fourth-order valence-corrected chi connectivity index (χ4v) is 8.59. The summed E-state index contributed by atoms with van der Waals surface area (Å²) in [5, 5.41) is 16.2. The van der Waals surface area contributed by atoms with Crippen molar-refractivity contribution in [3.05, 3.63) is 241 Å². The summed E-state index contributed by atoms with van der Waals surface area (Å²) in [4.78, 5) is 3.87. The van der Waals surface area contributed by atoms with Gasteiger partial charge in [-0.25, -0.2) is 0 Å². The van der Waals surface area contributed by atoms with Gasteiger partial charge in [0, 0.05) is 43.4 Å². The third-order valence-corrected chi connectivity index (χ3v) is 12.4. The quantitative estimate of drug-likeness (QED) is 0.127. The minimum atomic E-state index is -4.46. The minimum absolute atomic E-state index is 0. The van der Waals surface area contributed by atoms with Crippen LogP contribution in [0.3, 0.4) is 0 Å². The zero-order chi connectivity index (χ0) is 47.6. The molecule has 0 aliphatic carbocycles. The van der Waals surface area contributed by atoms with E-state index in [9.17, 15) is 13.2 Å². The number of nitrogens with zero attached hydrogens (tertiary/aromatic N) is 7. The first kappa shape index (κ1) is 47.1. The van der Waals surface area contributed by atoms with Gasteiger partial charge in [-0.3, -0.25) is 14.1 Å². The van der Waals surface area contributed by atoms with Crippen LogP contribution in [0.25, 0.3) is 77.2 Å². The van der Waals surface area contributed by atoms with E-state index in [0.29, 0.717) is 5.69 Å². The summed E-state index contributed by atoms with van der Waals surface area (Å²) in [6.45, 7) is 8.58. The number of benzene rings is 8. The minimum Gasteiger partial charge on any atom is -0.573 e. The Morgan fingerprint density at radius 1 is 0.500 bits per heavy atom. The van der Waals surface area contributed by atoms with Crippen LogP contribution in [-0.4, -0.2) is 19.2 Å². The molecular weight excluding hydrogens is 1060 g/mol. The molecule has 11 heteroatoms. The molecule has 7 nitrogen and oxygen atoms in total. The van der Waals surface area contributed by atoms with E-state index in [-0.39, 0.29) is 25.8 Å². The van der Waals surface area contributed by atoms with E-state index >= 15 is 0 Å². The molecule has 0 bridgehead atoms. The summed E-state index contributed by atoms with van der Waals surface area (Å²) >= 11 is 0. The van der Waals surface area contributed by atoms with E-state index in [0.717, 1.165) is 40.2 Å².